The van der Waals surface area contributed by atoms with Crippen molar-refractivity contribution in [2.75, 3.05) is 66.4 Å². The summed E-state index contributed by atoms with van der Waals surface area (Å²) in [5.41, 5.74) is -1.90. The van der Waals surface area contributed by atoms with Gasteiger partial charge in [-0.25, -0.2) is 0 Å². The summed E-state index contributed by atoms with van der Waals surface area (Å²) in [4.78, 5) is 25.1. The molecular formula is C34H69N3O10. The van der Waals surface area contributed by atoms with Crippen LogP contribution in [-0.2, 0) is 33.3 Å². The molecule has 0 aromatic carbocycles. The van der Waals surface area contributed by atoms with Crippen molar-refractivity contribution in [3.63, 3.8) is 0 Å². The summed E-state index contributed by atoms with van der Waals surface area (Å²) in [6, 6.07) is -0.902. The van der Waals surface area contributed by atoms with Gasteiger partial charge in [-0.1, -0.05) is 41.5 Å². The Labute approximate surface area is 284 Å². The molecular weight excluding hydrogens is 610 g/mol. The van der Waals surface area contributed by atoms with Crippen LogP contribution in [0.15, 0.2) is 0 Å². The Morgan fingerprint density at radius 3 is 1.85 bits per heavy atom. The summed E-state index contributed by atoms with van der Waals surface area (Å²) in [6.45, 7) is 22.8. The van der Waals surface area contributed by atoms with Gasteiger partial charge in [-0.15, -0.1) is 0 Å². The normalized spacial score (nSPS) is 16.3. The first-order chi connectivity index (χ1) is 21.7. The van der Waals surface area contributed by atoms with Gasteiger partial charge in [0.05, 0.1) is 57.4 Å². The fourth-order valence-corrected chi connectivity index (χ4v) is 5.58. The van der Waals surface area contributed by atoms with Crippen molar-refractivity contribution in [3.8, 4) is 0 Å². The Balaban J connectivity index is 5.31. The minimum atomic E-state index is -1.11. The van der Waals surface area contributed by atoms with Gasteiger partial charge in [0.15, 0.2) is 6.29 Å². The van der Waals surface area contributed by atoms with Crippen molar-refractivity contribution in [1.29, 1.82) is 0 Å². The maximum Gasteiger partial charge on any atom is 0.225 e. The molecule has 0 bridgehead atoms. The maximum atomic E-state index is 13.4. The van der Waals surface area contributed by atoms with Crippen LogP contribution in [-0.4, -0.2) is 130 Å². The maximum absolute atomic E-state index is 13.4. The molecule has 47 heavy (non-hydrogen) atoms. The molecule has 0 spiro atoms. The van der Waals surface area contributed by atoms with E-state index >= 15 is 0 Å². The fourth-order valence-electron chi connectivity index (χ4n) is 5.58. The van der Waals surface area contributed by atoms with Gasteiger partial charge in [-0.2, -0.15) is 0 Å². The van der Waals surface area contributed by atoms with Crippen molar-refractivity contribution in [2.24, 2.45) is 16.2 Å². The third-order valence-corrected chi connectivity index (χ3v) is 8.02. The lowest BCUT2D eigenvalue weighted by Gasteiger charge is -2.38. The van der Waals surface area contributed by atoms with Crippen LogP contribution in [0.1, 0.15) is 89.0 Å². The highest BCUT2D eigenvalue weighted by Gasteiger charge is 2.37. The number of rotatable bonds is 27. The van der Waals surface area contributed by atoms with E-state index in [9.17, 15) is 24.9 Å². The quantitative estimate of drug-likeness (QED) is 0.0700. The van der Waals surface area contributed by atoms with Crippen molar-refractivity contribution < 1.29 is 48.6 Å². The average Bonchev–Trinajstić information content (AvgIpc) is 2.97. The van der Waals surface area contributed by atoms with Gasteiger partial charge in [-0.05, 0) is 58.4 Å². The summed E-state index contributed by atoms with van der Waals surface area (Å²) in [7, 11) is 1.87. The number of hydrogen-bond donors (Lipinski definition) is 6. The van der Waals surface area contributed by atoms with Crippen molar-refractivity contribution in [2.45, 2.75) is 125 Å². The number of amides is 2. The predicted octanol–water partition coefficient (Wildman–Crippen LogP) is 2.00. The predicted molar refractivity (Wildman–Crippen MR) is 182 cm³/mol. The van der Waals surface area contributed by atoms with E-state index in [4.69, 9.17) is 23.7 Å². The lowest BCUT2D eigenvalue weighted by atomic mass is 9.75. The number of ether oxygens (including phenoxy) is 5. The first-order valence-corrected chi connectivity index (χ1v) is 16.9. The van der Waals surface area contributed by atoms with Crippen LogP contribution in [0.2, 0.25) is 0 Å². The van der Waals surface area contributed by atoms with Crippen LogP contribution in [0.5, 0.6) is 0 Å². The SMILES string of the molecule is CCOCC(COCC)(COC(C)CC(C)(C)C(=O)NCC(C)(C)CC(C)(C)COC(OC(CO)[C@@H](C)O)[C@H](CO)NC(C)=O)NC. The molecule has 0 aliphatic rings. The van der Waals surface area contributed by atoms with Crippen molar-refractivity contribution in [3.05, 3.63) is 0 Å². The van der Waals surface area contributed by atoms with Crippen LogP contribution in [0, 0.1) is 16.2 Å². The second-order valence-corrected chi connectivity index (χ2v) is 15.0. The Morgan fingerprint density at radius 2 is 1.40 bits per heavy atom. The van der Waals surface area contributed by atoms with Gasteiger partial charge in [0, 0.05) is 32.1 Å². The van der Waals surface area contributed by atoms with Gasteiger partial charge < -0.3 is 55.0 Å². The first kappa shape index (κ1) is 45.6. The Morgan fingerprint density at radius 1 is 0.830 bits per heavy atom. The van der Waals surface area contributed by atoms with Crippen LogP contribution in [0.25, 0.3) is 0 Å². The molecule has 13 nitrogen and oxygen atoms in total. The van der Waals surface area contributed by atoms with E-state index in [2.05, 4.69) is 29.8 Å². The molecule has 3 unspecified atom stereocenters. The lowest BCUT2D eigenvalue weighted by molar-refractivity contribution is -0.224. The molecule has 0 aliphatic carbocycles. The first-order valence-electron chi connectivity index (χ1n) is 16.9. The zero-order chi connectivity index (χ0) is 36.5. The number of carbonyl (C=O) groups is 2. The molecule has 0 aromatic rings. The zero-order valence-electron chi connectivity index (χ0n) is 31.4. The van der Waals surface area contributed by atoms with Gasteiger partial charge in [0.1, 0.15) is 12.1 Å². The van der Waals surface area contributed by atoms with E-state index < -0.39 is 54.1 Å². The molecule has 0 rings (SSSR count). The highest BCUT2D eigenvalue weighted by Crippen LogP contribution is 2.35. The van der Waals surface area contributed by atoms with E-state index in [1.807, 2.05) is 55.5 Å². The zero-order valence-corrected chi connectivity index (χ0v) is 31.4. The topological polar surface area (TPSA) is 177 Å². The van der Waals surface area contributed by atoms with Gasteiger partial charge in [-0.3, -0.25) is 9.59 Å². The number of hydrogen-bond acceptors (Lipinski definition) is 11. The molecule has 0 aromatic heterocycles. The Kier molecular flexibility index (Phi) is 21.0. The monoisotopic (exact) mass is 679 g/mol. The molecule has 280 valence electrons. The number of nitrogens with one attached hydrogen (secondary N) is 3. The summed E-state index contributed by atoms with van der Waals surface area (Å²) < 4.78 is 29.5. The summed E-state index contributed by atoms with van der Waals surface area (Å²) >= 11 is 0. The third-order valence-electron chi connectivity index (χ3n) is 8.02. The minimum Gasteiger partial charge on any atom is -0.394 e. The smallest absolute Gasteiger partial charge is 0.225 e. The molecule has 2 amide bonds. The summed E-state index contributed by atoms with van der Waals surface area (Å²) in [6.07, 6.45) is -2.10. The fraction of sp³-hybridized carbons (Fsp3) is 0.941. The average molecular weight is 680 g/mol. The summed E-state index contributed by atoms with van der Waals surface area (Å²) in [5, 5.41) is 38.6. The van der Waals surface area contributed by atoms with Gasteiger partial charge >= 0.3 is 0 Å². The standard InChI is InChI=1S/C34H69N3O10/c1-13-43-21-34(35-12,22-44-14-2)23-45-24(3)15-33(10,11)30(42)36-19-31(6,7)18-32(8,9)20-46-29(27(16-38)37-26(5)41)47-28(17-39)25(4)40/h24-25,27-29,35,38-40H,13-23H2,1-12H3,(H,36,42)(H,37,41)/t24?,25-,27+,28?,29?/m1/s1. The van der Waals surface area contributed by atoms with Gasteiger partial charge in [0.25, 0.3) is 0 Å². The van der Waals surface area contributed by atoms with Crippen LogP contribution in [0.3, 0.4) is 0 Å². The lowest BCUT2D eigenvalue weighted by Crippen LogP contribution is -2.55. The van der Waals surface area contributed by atoms with Gasteiger partial charge in [0.2, 0.25) is 11.8 Å². The summed E-state index contributed by atoms with van der Waals surface area (Å²) in [5.74, 6) is -0.450. The molecule has 0 aliphatic heterocycles. The number of likely N-dealkylation sites (N-methyl/N-ethyl adjacent to an activating group) is 1. The molecule has 0 radical (unpaired) electrons. The minimum absolute atomic E-state index is 0.0682. The number of aliphatic hydroxyl groups excluding tert-OH is 3. The largest absolute Gasteiger partial charge is 0.394 e. The van der Waals surface area contributed by atoms with E-state index in [-0.39, 0.29) is 29.9 Å². The molecule has 0 saturated carbocycles. The van der Waals surface area contributed by atoms with Crippen molar-refractivity contribution >= 4 is 11.8 Å². The molecule has 0 saturated heterocycles. The molecule has 6 N–H and O–H groups in total. The van der Waals surface area contributed by atoms with E-state index in [0.29, 0.717) is 52.4 Å². The number of aliphatic hydroxyl groups is 3. The second-order valence-electron chi connectivity index (χ2n) is 15.0. The van der Waals surface area contributed by atoms with Crippen LogP contribution in [0.4, 0.5) is 0 Å². The van der Waals surface area contributed by atoms with E-state index in [1.165, 1.54) is 13.8 Å². The van der Waals surface area contributed by atoms with Crippen molar-refractivity contribution in [1.82, 2.24) is 16.0 Å². The van der Waals surface area contributed by atoms with Crippen LogP contribution < -0.4 is 16.0 Å². The molecule has 13 heteroatoms. The molecule has 0 fully saturated rings. The Hall–Kier alpha value is -1.42. The van der Waals surface area contributed by atoms with E-state index in [0.717, 1.165) is 0 Å². The molecule has 0 heterocycles. The van der Waals surface area contributed by atoms with Crippen LogP contribution >= 0.6 is 0 Å². The highest BCUT2D eigenvalue weighted by molar-refractivity contribution is 5.81. The number of carbonyl (C=O) groups excluding carboxylic acids is 2. The second kappa shape index (κ2) is 21.6. The highest BCUT2D eigenvalue weighted by atomic mass is 16.7. The Bertz CT molecular complexity index is 876. The van der Waals surface area contributed by atoms with E-state index in [1.54, 1.807) is 0 Å². The molecule has 5 atom stereocenters. The third kappa shape index (κ3) is 18.2.